The van der Waals surface area contributed by atoms with E-state index in [2.05, 4.69) is 20.2 Å². The van der Waals surface area contributed by atoms with Crippen LogP contribution in [0.3, 0.4) is 0 Å². The van der Waals surface area contributed by atoms with E-state index >= 15 is 0 Å². The summed E-state index contributed by atoms with van der Waals surface area (Å²) in [5, 5.41) is 12.1. The van der Waals surface area contributed by atoms with Gasteiger partial charge < -0.3 is 9.88 Å². The van der Waals surface area contributed by atoms with Gasteiger partial charge in [0.15, 0.2) is 11.0 Å². The molecule has 0 unspecified atom stereocenters. The van der Waals surface area contributed by atoms with Crippen molar-refractivity contribution in [2.75, 3.05) is 16.7 Å². The van der Waals surface area contributed by atoms with Crippen LogP contribution in [-0.4, -0.2) is 47.1 Å². The summed E-state index contributed by atoms with van der Waals surface area (Å²) < 4.78 is 26.8. The quantitative estimate of drug-likeness (QED) is 0.678. The molecule has 146 valence electrons. The predicted molar refractivity (Wildman–Crippen MR) is 106 cm³/mol. The van der Waals surface area contributed by atoms with Crippen molar-refractivity contribution in [1.29, 1.82) is 0 Å². The lowest BCUT2D eigenvalue weighted by Crippen LogP contribution is -2.33. The highest BCUT2D eigenvalue weighted by molar-refractivity contribution is 7.99. The molecule has 0 bridgehead atoms. The van der Waals surface area contributed by atoms with Crippen LogP contribution in [0.2, 0.25) is 0 Å². The highest BCUT2D eigenvalue weighted by Crippen LogP contribution is 2.24. The molecule has 0 radical (unpaired) electrons. The van der Waals surface area contributed by atoms with E-state index in [1.54, 1.807) is 24.3 Å². The minimum atomic E-state index is -3.31. The van der Waals surface area contributed by atoms with Crippen molar-refractivity contribution in [3.63, 3.8) is 0 Å². The van der Waals surface area contributed by atoms with Crippen molar-refractivity contribution in [3.8, 4) is 11.4 Å². The van der Waals surface area contributed by atoms with Gasteiger partial charge in [-0.05, 0) is 37.1 Å². The summed E-state index contributed by atoms with van der Waals surface area (Å²) in [7, 11) is -1.47. The molecule has 1 aliphatic rings. The second-order valence-corrected chi connectivity index (χ2v) is 9.35. The number of benzene rings is 1. The maximum atomic E-state index is 12.1. The average molecular weight is 410 g/mol. The Labute approximate surface area is 163 Å². The number of rotatable bonds is 7. The lowest BCUT2D eigenvalue weighted by atomic mass is 10.2. The first-order chi connectivity index (χ1) is 12.8. The fourth-order valence-electron chi connectivity index (χ4n) is 3.06. The van der Waals surface area contributed by atoms with E-state index < -0.39 is 10.0 Å². The number of aromatic nitrogens is 3. The highest BCUT2D eigenvalue weighted by atomic mass is 32.2. The number of hydrogen-bond donors (Lipinski definition) is 2. The molecule has 10 heteroatoms. The second kappa shape index (κ2) is 8.30. The van der Waals surface area contributed by atoms with Crippen LogP contribution >= 0.6 is 11.8 Å². The Kier molecular flexibility index (Phi) is 6.05. The number of anilines is 1. The molecule has 0 aliphatic heterocycles. The van der Waals surface area contributed by atoms with Gasteiger partial charge in [0, 0.05) is 24.3 Å². The molecule has 1 fully saturated rings. The molecule has 3 rings (SSSR count). The Morgan fingerprint density at radius 2 is 1.89 bits per heavy atom. The molecule has 2 N–H and O–H groups in total. The third kappa shape index (κ3) is 5.46. The average Bonchev–Trinajstić information content (AvgIpc) is 3.22. The molecule has 1 heterocycles. The van der Waals surface area contributed by atoms with Crippen molar-refractivity contribution >= 4 is 33.4 Å². The number of nitrogens with zero attached hydrogens (tertiary/aromatic N) is 3. The molecule has 1 aromatic heterocycles. The van der Waals surface area contributed by atoms with Crippen LogP contribution in [0.4, 0.5) is 5.69 Å². The second-order valence-electron chi connectivity index (χ2n) is 6.65. The van der Waals surface area contributed by atoms with Crippen molar-refractivity contribution in [1.82, 2.24) is 20.1 Å². The number of carbonyl (C=O) groups excluding carboxylic acids is 1. The molecule has 1 aromatic carbocycles. The van der Waals surface area contributed by atoms with Gasteiger partial charge in [-0.2, -0.15) is 0 Å². The molecule has 0 saturated heterocycles. The Morgan fingerprint density at radius 3 is 2.52 bits per heavy atom. The zero-order valence-electron chi connectivity index (χ0n) is 15.3. The van der Waals surface area contributed by atoms with E-state index in [0.717, 1.165) is 24.7 Å². The monoisotopic (exact) mass is 409 g/mol. The number of carbonyl (C=O) groups is 1. The molecule has 2 aromatic rings. The summed E-state index contributed by atoms with van der Waals surface area (Å²) in [6.45, 7) is 0. The fourth-order valence-corrected chi connectivity index (χ4v) is 4.35. The number of amides is 1. The summed E-state index contributed by atoms with van der Waals surface area (Å²) >= 11 is 1.35. The van der Waals surface area contributed by atoms with Crippen LogP contribution in [0.5, 0.6) is 0 Å². The number of thioether (sulfide) groups is 1. The molecular weight excluding hydrogens is 386 g/mol. The summed E-state index contributed by atoms with van der Waals surface area (Å²) in [6, 6.07) is 7.21. The van der Waals surface area contributed by atoms with Crippen LogP contribution in [0, 0.1) is 0 Å². The van der Waals surface area contributed by atoms with Gasteiger partial charge in [-0.15, -0.1) is 10.2 Å². The van der Waals surface area contributed by atoms with Crippen LogP contribution in [0.25, 0.3) is 11.4 Å². The first-order valence-corrected chi connectivity index (χ1v) is 11.6. The fraction of sp³-hybridized carbons (Fsp3) is 0.471. The molecule has 0 atom stereocenters. The van der Waals surface area contributed by atoms with Crippen molar-refractivity contribution < 1.29 is 13.2 Å². The first kappa shape index (κ1) is 19.7. The topological polar surface area (TPSA) is 106 Å². The lowest BCUT2D eigenvalue weighted by Gasteiger charge is -2.11. The third-order valence-corrected chi connectivity index (χ3v) is 5.96. The summed E-state index contributed by atoms with van der Waals surface area (Å²) in [4.78, 5) is 12.1. The summed E-state index contributed by atoms with van der Waals surface area (Å²) in [6.07, 6.45) is 5.60. The van der Waals surface area contributed by atoms with Gasteiger partial charge in [-0.25, -0.2) is 8.42 Å². The van der Waals surface area contributed by atoms with Crippen LogP contribution in [0.1, 0.15) is 25.7 Å². The molecule has 27 heavy (non-hydrogen) atoms. The molecule has 1 saturated carbocycles. The smallest absolute Gasteiger partial charge is 0.230 e. The Bertz CT molecular complexity index is 903. The predicted octanol–water partition coefficient (Wildman–Crippen LogP) is 2.00. The van der Waals surface area contributed by atoms with Gasteiger partial charge in [-0.1, -0.05) is 24.6 Å². The van der Waals surface area contributed by atoms with E-state index in [1.807, 2.05) is 11.6 Å². The molecule has 1 aliphatic carbocycles. The van der Waals surface area contributed by atoms with Gasteiger partial charge >= 0.3 is 0 Å². The molecular formula is C17H23N5O3S2. The van der Waals surface area contributed by atoms with E-state index in [0.29, 0.717) is 28.5 Å². The van der Waals surface area contributed by atoms with Gasteiger partial charge in [0.05, 0.1) is 12.0 Å². The SMILES string of the molecule is Cn1c(SCC(=O)NC2CCCC2)nnc1-c1ccc(NS(C)(=O)=O)cc1. The summed E-state index contributed by atoms with van der Waals surface area (Å²) in [5.41, 5.74) is 1.30. The van der Waals surface area contributed by atoms with Crippen molar-refractivity contribution in [2.45, 2.75) is 36.9 Å². The number of sulfonamides is 1. The summed E-state index contributed by atoms with van der Waals surface area (Å²) in [5.74, 6) is 0.979. The lowest BCUT2D eigenvalue weighted by molar-refractivity contribution is -0.119. The highest BCUT2D eigenvalue weighted by Gasteiger charge is 2.18. The normalized spacial score (nSPS) is 15.0. The van der Waals surface area contributed by atoms with Crippen LogP contribution in [-0.2, 0) is 21.9 Å². The Morgan fingerprint density at radius 1 is 1.22 bits per heavy atom. The maximum Gasteiger partial charge on any atom is 0.230 e. The molecule has 0 spiro atoms. The largest absolute Gasteiger partial charge is 0.353 e. The molecule has 1 amide bonds. The molecule has 8 nitrogen and oxygen atoms in total. The minimum absolute atomic E-state index is 0.0210. The van der Waals surface area contributed by atoms with Crippen LogP contribution < -0.4 is 10.0 Å². The zero-order chi connectivity index (χ0) is 19.4. The Balaban J connectivity index is 1.61. The van der Waals surface area contributed by atoms with E-state index in [-0.39, 0.29) is 5.91 Å². The maximum absolute atomic E-state index is 12.1. The van der Waals surface area contributed by atoms with Gasteiger partial charge in [0.25, 0.3) is 0 Å². The van der Waals surface area contributed by atoms with Crippen LogP contribution in [0.15, 0.2) is 29.4 Å². The van der Waals surface area contributed by atoms with E-state index in [4.69, 9.17) is 0 Å². The zero-order valence-corrected chi connectivity index (χ0v) is 16.9. The first-order valence-electron chi connectivity index (χ1n) is 8.71. The van der Waals surface area contributed by atoms with Crippen molar-refractivity contribution in [3.05, 3.63) is 24.3 Å². The van der Waals surface area contributed by atoms with Gasteiger partial charge in [-0.3, -0.25) is 9.52 Å². The third-order valence-electron chi connectivity index (χ3n) is 4.33. The van der Waals surface area contributed by atoms with Gasteiger partial charge in [0.2, 0.25) is 15.9 Å². The van der Waals surface area contributed by atoms with Gasteiger partial charge in [0.1, 0.15) is 0 Å². The number of hydrogen-bond acceptors (Lipinski definition) is 6. The van der Waals surface area contributed by atoms with E-state index in [9.17, 15) is 13.2 Å². The number of nitrogens with one attached hydrogen (secondary N) is 2. The van der Waals surface area contributed by atoms with Crippen molar-refractivity contribution in [2.24, 2.45) is 7.05 Å². The van der Waals surface area contributed by atoms with E-state index in [1.165, 1.54) is 24.6 Å². The Hall–Kier alpha value is -2.07. The minimum Gasteiger partial charge on any atom is -0.353 e. The standard InChI is InChI=1S/C17H23N5O3S2/c1-22-16(12-7-9-14(10-8-12)21-27(2,24)25)19-20-17(22)26-11-15(23)18-13-5-3-4-6-13/h7-10,13,21H,3-6,11H2,1-2H3,(H,18,23).